The van der Waals surface area contributed by atoms with Crippen LogP contribution in [-0.2, 0) is 11.6 Å². The van der Waals surface area contributed by atoms with Crippen molar-refractivity contribution in [1.29, 1.82) is 0 Å². The Bertz CT molecular complexity index is 1610. The molecule has 0 bridgehead atoms. The van der Waals surface area contributed by atoms with Gasteiger partial charge in [-0.1, -0.05) is 90.4 Å². The summed E-state index contributed by atoms with van der Waals surface area (Å²) in [6.07, 6.45) is -4.35. The first-order valence-electron chi connectivity index (χ1n) is 11.1. The molecule has 0 radical (unpaired) electrons. The molecule has 0 atom stereocenters. The molecule has 0 unspecified atom stereocenters. The summed E-state index contributed by atoms with van der Waals surface area (Å²) in [6, 6.07) is 26.5. The largest absolute Gasteiger partial charge is 0.416 e. The normalized spacial score (nSPS) is 14.4. The molecule has 0 aliphatic heterocycles. The Morgan fingerprint density at radius 1 is 0.647 bits per heavy atom. The molecule has 0 heterocycles. The average molecular weight is 517 g/mol. The van der Waals surface area contributed by atoms with Crippen molar-refractivity contribution in [3.63, 3.8) is 0 Å². The van der Waals surface area contributed by atoms with Crippen LogP contribution in [0, 0.1) is 0 Å². The number of hydrogen-bond acceptors (Lipinski definition) is 0. The zero-order valence-electron chi connectivity index (χ0n) is 18.6. The van der Waals surface area contributed by atoms with Crippen molar-refractivity contribution in [2.24, 2.45) is 0 Å². The lowest BCUT2D eigenvalue weighted by Gasteiger charge is -2.23. The molecule has 0 spiro atoms. The van der Waals surface area contributed by atoms with Crippen molar-refractivity contribution in [2.45, 2.75) is 25.4 Å². The molecular weight excluding hydrogens is 497 g/mol. The van der Waals surface area contributed by atoms with E-state index in [1.807, 2.05) is 18.2 Å². The first-order valence-corrected chi connectivity index (χ1v) is 11.9. The van der Waals surface area contributed by atoms with Gasteiger partial charge in [0.05, 0.1) is 5.56 Å². The van der Waals surface area contributed by atoms with Gasteiger partial charge in [-0.05, 0) is 79.2 Å². The maximum atomic E-state index is 13.2. The van der Waals surface area contributed by atoms with Crippen LogP contribution in [0.15, 0.2) is 89.4 Å². The van der Waals surface area contributed by atoms with Gasteiger partial charge in [-0.15, -0.1) is 0 Å². The topological polar surface area (TPSA) is 0 Å². The third-order valence-electron chi connectivity index (χ3n) is 7.16. The van der Waals surface area contributed by atoms with Crippen LogP contribution in [0.3, 0.4) is 0 Å². The van der Waals surface area contributed by atoms with Crippen LogP contribution >= 0.6 is 15.9 Å². The van der Waals surface area contributed by atoms with Gasteiger partial charge in [0, 0.05) is 9.89 Å². The summed E-state index contributed by atoms with van der Waals surface area (Å²) >= 11 is 3.78. The molecule has 0 nitrogen and oxygen atoms in total. The molecule has 0 amide bonds. The third-order valence-corrected chi connectivity index (χ3v) is 7.81. The second-order valence-corrected chi connectivity index (χ2v) is 10.3. The summed E-state index contributed by atoms with van der Waals surface area (Å²) in [6.45, 7) is 4.45. The second-order valence-electron chi connectivity index (χ2n) is 9.42. The zero-order chi connectivity index (χ0) is 23.8. The summed E-state index contributed by atoms with van der Waals surface area (Å²) in [4.78, 5) is 0. The van der Waals surface area contributed by atoms with Crippen molar-refractivity contribution in [3.8, 4) is 22.3 Å². The molecule has 5 aromatic rings. The summed E-state index contributed by atoms with van der Waals surface area (Å²) in [5.74, 6) is 0. The monoisotopic (exact) mass is 516 g/mol. The Labute approximate surface area is 204 Å². The van der Waals surface area contributed by atoms with Crippen LogP contribution in [0.25, 0.3) is 43.8 Å². The molecule has 0 saturated carbocycles. The van der Waals surface area contributed by atoms with E-state index in [9.17, 15) is 13.2 Å². The molecule has 0 saturated heterocycles. The van der Waals surface area contributed by atoms with Crippen LogP contribution in [-0.4, -0.2) is 0 Å². The molecule has 0 fully saturated rings. The van der Waals surface area contributed by atoms with Gasteiger partial charge >= 0.3 is 6.18 Å². The van der Waals surface area contributed by atoms with Crippen LogP contribution in [0.5, 0.6) is 0 Å². The molecule has 0 N–H and O–H groups in total. The second kappa shape index (κ2) is 7.19. The van der Waals surface area contributed by atoms with Gasteiger partial charge in [-0.25, -0.2) is 0 Å². The van der Waals surface area contributed by atoms with E-state index >= 15 is 0 Å². The number of fused-ring (bicyclic) bond motifs is 7. The van der Waals surface area contributed by atoms with Gasteiger partial charge in [-0.2, -0.15) is 13.2 Å². The summed E-state index contributed by atoms with van der Waals surface area (Å²) < 4.78 is 40.6. The lowest BCUT2D eigenvalue weighted by Crippen LogP contribution is -2.15. The molecule has 34 heavy (non-hydrogen) atoms. The van der Waals surface area contributed by atoms with Gasteiger partial charge in [0.15, 0.2) is 0 Å². The molecule has 0 aromatic heterocycles. The van der Waals surface area contributed by atoms with Gasteiger partial charge in [-0.3, -0.25) is 0 Å². The number of alkyl halides is 3. The quantitative estimate of drug-likeness (QED) is 0.208. The molecule has 6 rings (SSSR count). The molecule has 1 aliphatic rings. The van der Waals surface area contributed by atoms with Gasteiger partial charge < -0.3 is 0 Å². The van der Waals surface area contributed by atoms with E-state index in [1.165, 1.54) is 45.2 Å². The van der Waals surface area contributed by atoms with Crippen molar-refractivity contribution in [3.05, 3.63) is 106 Å². The summed E-state index contributed by atoms with van der Waals surface area (Å²) in [5, 5.41) is 4.53. The fourth-order valence-corrected chi connectivity index (χ4v) is 6.03. The minimum atomic E-state index is -4.35. The Hall–Kier alpha value is -3.11. The van der Waals surface area contributed by atoms with Gasteiger partial charge in [0.2, 0.25) is 0 Å². The van der Waals surface area contributed by atoms with E-state index in [2.05, 4.69) is 72.2 Å². The van der Waals surface area contributed by atoms with Crippen molar-refractivity contribution >= 4 is 37.5 Å². The predicted octanol–water partition coefficient (Wildman–Crippen LogP) is 9.75. The lowest BCUT2D eigenvalue weighted by molar-refractivity contribution is -0.137. The molecule has 4 heteroatoms. The first kappa shape index (κ1) is 21.4. The number of rotatable bonds is 1. The van der Waals surface area contributed by atoms with E-state index in [1.54, 1.807) is 12.1 Å². The summed E-state index contributed by atoms with van der Waals surface area (Å²) in [7, 11) is 0. The Morgan fingerprint density at radius 2 is 1.15 bits per heavy atom. The van der Waals surface area contributed by atoms with Crippen LogP contribution in [0.4, 0.5) is 13.2 Å². The predicted molar refractivity (Wildman–Crippen MR) is 137 cm³/mol. The first-order chi connectivity index (χ1) is 16.2. The van der Waals surface area contributed by atoms with Gasteiger partial charge in [0.25, 0.3) is 0 Å². The third kappa shape index (κ3) is 2.98. The number of halogens is 4. The van der Waals surface area contributed by atoms with Gasteiger partial charge in [0.1, 0.15) is 0 Å². The van der Waals surface area contributed by atoms with Crippen molar-refractivity contribution in [2.75, 3.05) is 0 Å². The zero-order valence-corrected chi connectivity index (χ0v) is 20.2. The molecular formula is C30H20BrF3. The maximum Gasteiger partial charge on any atom is 0.416 e. The fourth-order valence-electron chi connectivity index (χ4n) is 5.45. The number of hydrogen-bond donors (Lipinski definition) is 0. The molecule has 1 aliphatic carbocycles. The van der Waals surface area contributed by atoms with Crippen molar-refractivity contribution < 1.29 is 13.2 Å². The van der Waals surface area contributed by atoms with E-state index in [0.29, 0.717) is 0 Å². The SMILES string of the molecule is CC1(C)c2cc(Br)c3ccccc3c2-c2c1cc(-c1ccc(C(F)(F)F)cc1)c1ccccc21. The highest BCUT2D eigenvalue weighted by Gasteiger charge is 2.39. The maximum absolute atomic E-state index is 13.2. The smallest absolute Gasteiger partial charge is 0.166 e. The standard InChI is InChI=1S/C30H20BrF3/c1-29(2)24-15-23(17-11-13-18(14-12-17)30(32,33)34)19-7-3-5-9-21(19)27(24)28-22-10-6-4-8-20(22)26(31)16-25(28)29/h3-16H,1-2H3. The molecule has 168 valence electrons. The van der Waals surface area contributed by atoms with E-state index < -0.39 is 11.7 Å². The highest BCUT2D eigenvalue weighted by atomic mass is 79.9. The Morgan fingerprint density at radius 3 is 1.74 bits per heavy atom. The minimum Gasteiger partial charge on any atom is -0.166 e. The highest BCUT2D eigenvalue weighted by Crippen LogP contribution is 2.56. The lowest BCUT2D eigenvalue weighted by atomic mass is 9.80. The van der Waals surface area contributed by atoms with E-state index in [0.717, 1.165) is 26.4 Å². The van der Waals surface area contributed by atoms with Crippen LogP contribution < -0.4 is 0 Å². The van der Waals surface area contributed by atoms with E-state index in [4.69, 9.17) is 0 Å². The van der Waals surface area contributed by atoms with E-state index in [-0.39, 0.29) is 5.41 Å². The highest BCUT2D eigenvalue weighted by molar-refractivity contribution is 9.10. The fraction of sp³-hybridized carbons (Fsp3) is 0.133. The number of benzene rings is 5. The van der Waals surface area contributed by atoms with Crippen LogP contribution in [0.1, 0.15) is 30.5 Å². The minimum absolute atomic E-state index is 0.262. The Balaban J connectivity index is 1.70. The molecule has 5 aromatic carbocycles. The van der Waals surface area contributed by atoms with Crippen LogP contribution in [0.2, 0.25) is 0 Å². The average Bonchev–Trinajstić information content (AvgIpc) is 3.05. The Kier molecular flexibility index (Phi) is 4.53. The summed E-state index contributed by atoms with van der Waals surface area (Å²) in [5.41, 5.74) is 5.75. The van der Waals surface area contributed by atoms with Crippen molar-refractivity contribution in [1.82, 2.24) is 0 Å².